The average molecular weight is 385 g/mol. The van der Waals surface area contributed by atoms with Crippen LogP contribution in [0.5, 0.6) is 0 Å². The first-order valence-corrected chi connectivity index (χ1v) is 10.6. The molecule has 1 amide bonds. The van der Waals surface area contributed by atoms with Crippen LogP contribution in [-0.2, 0) is 28.9 Å². The van der Waals surface area contributed by atoms with Gasteiger partial charge < -0.3 is 14.4 Å². The number of nitrogens with zero attached hydrogens (tertiary/aromatic N) is 2. The van der Waals surface area contributed by atoms with Gasteiger partial charge >= 0.3 is 0 Å². The molecule has 1 atom stereocenters. The van der Waals surface area contributed by atoms with Crippen LogP contribution in [0.2, 0.25) is 0 Å². The largest absolute Gasteiger partial charge is 0.373 e. The molecule has 2 aliphatic heterocycles. The van der Waals surface area contributed by atoms with Crippen molar-refractivity contribution < 1.29 is 14.3 Å². The van der Waals surface area contributed by atoms with E-state index in [9.17, 15) is 4.79 Å². The molecule has 27 heavy (non-hydrogen) atoms. The van der Waals surface area contributed by atoms with Crippen molar-refractivity contribution in [1.82, 2.24) is 9.88 Å². The molecule has 4 heterocycles. The van der Waals surface area contributed by atoms with E-state index in [1.54, 1.807) is 17.5 Å². The molecule has 2 saturated heterocycles. The number of aryl methyl sites for hydroxylation is 2. The molecule has 0 aromatic carbocycles. The molecular formula is C21H24N2O3S. The lowest BCUT2D eigenvalue weighted by molar-refractivity contribution is -0.187. The van der Waals surface area contributed by atoms with E-state index >= 15 is 0 Å². The zero-order valence-corrected chi connectivity index (χ0v) is 16.2. The summed E-state index contributed by atoms with van der Waals surface area (Å²) in [6.07, 6.45) is 9.06. The topological polar surface area (TPSA) is 51.7 Å². The summed E-state index contributed by atoms with van der Waals surface area (Å²) in [5, 5.41) is 0. The van der Waals surface area contributed by atoms with Gasteiger partial charge in [0, 0.05) is 30.3 Å². The summed E-state index contributed by atoms with van der Waals surface area (Å²) >= 11 is 1.69. The predicted molar refractivity (Wildman–Crippen MR) is 103 cm³/mol. The Hall–Kier alpha value is -1.76. The van der Waals surface area contributed by atoms with Crippen molar-refractivity contribution in [3.8, 4) is 0 Å². The number of thiophene rings is 1. The molecular weight excluding hydrogens is 360 g/mol. The molecule has 0 bridgehead atoms. The lowest BCUT2D eigenvalue weighted by atomic mass is 9.84. The van der Waals surface area contributed by atoms with Gasteiger partial charge in [-0.2, -0.15) is 0 Å². The van der Waals surface area contributed by atoms with E-state index in [0.717, 1.165) is 36.1 Å². The molecule has 3 aliphatic rings. The molecule has 2 fully saturated rings. The average Bonchev–Trinajstić information content (AvgIpc) is 3.27. The van der Waals surface area contributed by atoms with Crippen LogP contribution in [0.15, 0.2) is 30.6 Å². The van der Waals surface area contributed by atoms with Gasteiger partial charge in [0.15, 0.2) is 0 Å². The minimum atomic E-state index is -0.215. The second-order valence-corrected chi connectivity index (χ2v) is 9.03. The molecule has 1 spiro atoms. The predicted octanol–water partition coefficient (Wildman–Crippen LogP) is 3.22. The van der Waals surface area contributed by atoms with Gasteiger partial charge in [0.1, 0.15) is 5.60 Å². The zero-order chi connectivity index (χ0) is 18.3. The molecule has 5 nitrogen and oxygen atoms in total. The van der Waals surface area contributed by atoms with E-state index < -0.39 is 0 Å². The molecule has 0 unspecified atom stereocenters. The first-order valence-electron chi connectivity index (χ1n) is 9.76. The van der Waals surface area contributed by atoms with E-state index in [1.807, 2.05) is 23.2 Å². The molecule has 142 valence electrons. The van der Waals surface area contributed by atoms with Gasteiger partial charge in [0.05, 0.1) is 30.7 Å². The lowest BCUT2D eigenvalue weighted by Gasteiger charge is -2.52. The van der Waals surface area contributed by atoms with Crippen molar-refractivity contribution in [3.05, 3.63) is 51.5 Å². The Morgan fingerprint density at radius 1 is 1.41 bits per heavy atom. The Kier molecular flexibility index (Phi) is 4.50. The Balaban J connectivity index is 1.16. The number of amides is 1. The van der Waals surface area contributed by atoms with Gasteiger partial charge in [0.25, 0.3) is 5.91 Å². The minimum absolute atomic E-state index is 0.169. The highest BCUT2D eigenvalue weighted by molar-refractivity contribution is 7.14. The van der Waals surface area contributed by atoms with Gasteiger partial charge in [0.2, 0.25) is 0 Å². The molecule has 2 aromatic heterocycles. The number of hydrogen-bond donors (Lipinski definition) is 0. The molecule has 1 aliphatic carbocycles. The monoisotopic (exact) mass is 384 g/mol. The summed E-state index contributed by atoms with van der Waals surface area (Å²) in [5.41, 5.74) is 2.26. The van der Waals surface area contributed by atoms with Gasteiger partial charge in [-0.25, -0.2) is 0 Å². The maximum absolute atomic E-state index is 12.8. The fourth-order valence-corrected chi connectivity index (χ4v) is 5.65. The van der Waals surface area contributed by atoms with E-state index in [2.05, 4.69) is 11.1 Å². The highest BCUT2D eigenvalue weighted by Gasteiger charge is 2.50. The van der Waals surface area contributed by atoms with Crippen molar-refractivity contribution in [3.63, 3.8) is 0 Å². The number of carbonyl (C=O) groups is 1. The van der Waals surface area contributed by atoms with E-state index in [-0.39, 0.29) is 17.6 Å². The molecule has 0 saturated carbocycles. The number of carbonyl (C=O) groups excluding carboxylic acids is 1. The maximum Gasteiger partial charge on any atom is 0.264 e. The quantitative estimate of drug-likeness (QED) is 0.812. The minimum Gasteiger partial charge on any atom is -0.373 e. The SMILES string of the molecule is O=C(c1cc2c(s1)CCC2)N1CC2(C[C@@H](OCc3cccnc3)CCO2)C1. The fourth-order valence-electron chi connectivity index (χ4n) is 4.43. The Morgan fingerprint density at radius 2 is 2.33 bits per heavy atom. The van der Waals surface area contributed by atoms with Crippen LogP contribution in [-0.4, -0.2) is 47.2 Å². The van der Waals surface area contributed by atoms with Crippen LogP contribution in [0, 0.1) is 0 Å². The second-order valence-electron chi connectivity index (χ2n) is 7.89. The second kappa shape index (κ2) is 7.00. The molecule has 2 aromatic rings. The van der Waals surface area contributed by atoms with Crippen molar-refractivity contribution >= 4 is 17.2 Å². The summed E-state index contributed by atoms with van der Waals surface area (Å²) in [7, 11) is 0. The van der Waals surface area contributed by atoms with Crippen molar-refractivity contribution in [1.29, 1.82) is 0 Å². The first kappa shape index (κ1) is 17.3. The van der Waals surface area contributed by atoms with Gasteiger partial charge in [-0.3, -0.25) is 9.78 Å². The maximum atomic E-state index is 12.8. The Morgan fingerprint density at radius 3 is 3.15 bits per heavy atom. The highest BCUT2D eigenvalue weighted by Crippen LogP contribution is 2.38. The van der Waals surface area contributed by atoms with Crippen LogP contribution in [0.25, 0.3) is 0 Å². The van der Waals surface area contributed by atoms with Crippen LogP contribution >= 0.6 is 11.3 Å². The summed E-state index contributed by atoms with van der Waals surface area (Å²) in [5.74, 6) is 0.169. The van der Waals surface area contributed by atoms with Crippen molar-refractivity contribution in [2.45, 2.75) is 50.4 Å². The summed E-state index contributed by atoms with van der Waals surface area (Å²) in [6.45, 7) is 2.65. The number of pyridine rings is 1. The zero-order valence-electron chi connectivity index (χ0n) is 15.4. The molecule has 6 heteroatoms. The smallest absolute Gasteiger partial charge is 0.264 e. The number of likely N-dealkylation sites (tertiary alicyclic amines) is 1. The number of hydrogen-bond acceptors (Lipinski definition) is 5. The van der Waals surface area contributed by atoms with Crippen LogP contribution in [0.1, 0.15) is 44.9 Å². The summed E-state index contributed by atoms with van der Waals surface area (Å²) < 4.78 is 12.2. The first-order chi connectivity index (χ1) is 13.2. The van der Waals surface area contributed by atoms with Gasteiger partial charge in [-0.1, -0.05) is 6.07 Å². The lowest BCUT2D eigenvalue weighted by Crippen LogP contribution is -2.67. The van der Waals surface area contributed by atoms with E-state index in [1.165, 1.54) is 16.9 Å². The third-order valence-corrected chi connectivity index (χ3v) is 7.08. The molecule has 0 N–H and O–H groups in total. The number of rotatable bonds is 4. The summed E-state index contributed by atoms with van der Waals surface area (Å²) in [4.78, 5) is 21.2. The van der Waals surface area contributed by atoms with Gasteiger partial charge in [-0.05, 0) is 48.9 Å². The van der Waals surface area contributed by atoms with E-state index in [0.29, 0.717) is 26.3 Å². The van der Waals surface area contributed by atoms with Crippen molar-refractivity contribution in [2.75, 3.05) is 19.7 Å². The third kappa shape index (κ3) is 3.42. The van der Waals surface area contributed by atoms with Crippen LogP contribution < -0.4 is 0 Å². The normalized spacial score (nSPS) is 23.3. The fraction of sp³-hybridized carbons (Fsp3) is 0.524. The standard InChI is InChI=1S/C21H24N2O3S/c24-20(19-9-16-4-1-5-18(16)27-19)23-13-21(14-23)10-17(6-8-26-21)25-12-15-3-2-7-22-11-15/h2-3,7,9,11,17H,1,4-6,8,10,12-14H2/t17-/m0/s1. The Labute approximate surface area is 163 Å². The van der Waals surface area contributed by atoms with Gasteiger partial charge in [-0.15, -0.1) is 11.3 Å². The number of ether oxygens (including phenoxy) is 2. The van der Waals surface area contributed by atoms with Crippen molar-refractivity contribution in [2.24, 2.45) is 0 Å². The molecule has 5 rings (SSSR count). The van der Waals surface area contributed by atoms with Crippen LogP contribution in [0.4, 0.5) is 0 Å². The van der Waals surface area contributed by atoms with E-state index in [4.69, 9.17) is 9.47 Å². The summed E-state index contributed by atoms with van der Waals surface area (Å²) in [6, 6.07) is 6.08. The number of aromatic nitrogens is 1. The third-order valence-electron chi connectivity index (χ3n) is 5.86. The Bertz CT molecular complexity index is 808. The highest BCUT2D eigenvalue weighted by atomic mass is 32.1. The van der Waals surface area contributed by atoms with Crippen LogP contribution in [0.3, 0.4) is 0 Å². The number of fused-ring (bicyclic) bond motifs is 1. The molecule has 0 radical (unpaired) electrons.